The molecule has 1 N–H and O–H groups in total. The van der Waals surface area contributed by atoms with Crippen LogP contribution in [-0.4, -0.2) is 33.6 Å². The molecule has 3 heterocycles. The van der Waals surface area contributed by atoms with Crippen molar-refractivity contribution in [3.8, 4) is 5.75 Å². The molecular weight excluding hydrogens is 456 g/mol. The number of carbonyl (C=O) groups is 1. The normalized spacial score (nSPS) is 16.6. The van der Waals surface area contributed by atoms with Crippen LogP contribution in [0, 0.1) is 12.3 Å². The van der Waals surface area contributed by atoms with Crippen LogP contribution in [0.1, 0.15) is 11.3 Å². The van der Waals surface area contributed by atoms with Crippen LogP contribution in [0.3, 0.4) is 0 Å². The summed E-state index contributed by atoms with van der Waals surface area (Å²) in [7, 11) is 0. The Morgan fingerprint density at radius 1 is 1.12 bits per heavy atom. The molecule has 7 nitrogen and oxygen atoms in total. The Kier molecular flexibility index (Phi) is 5.89. The predicted molar refractivity (Wildman–Crippen MR) is 131 cm³/mol. The van der Waals surface area contributed by atoms with Gasteiger partial charge in [-0.25, -0.2) is 0 Å². The van der Waals surface area contributed by atoms with Crippen molar-refractivity contribution in [2.45, 2.75) is 16.9 Å². The number of aryl methyl sites for hydroxylation is 1. The van der Waals surface area contributed by atoms with Crippen LogP contribution in [0.5, 0.6) is 5.75 Å². The van der Waals surface area contributed by atoms with Crippen LogP contribution < -0.4 is 4.74 Å². The number of ether oxygens (including phenoxy) is 1. The Balaban J connectivity index is 1.30. The molecule has 0 saturated carbocycles. The van der Waals surface area contributed by atoms with E-state index < -0.39 is 5.91 Å². The first-order chi connectivity index (χ1) is 16.0. The third-order valence-corrected chi connectivity index (χ3v) is 6.54. The lowest BCUT2D eigenvalue weighted by Gasteiger charge is -2.19. The number of benzene rings is 2. The summed E-state index contributed by atoms with van der Waals surface area (Å²) in [4.78, 5) is 17.8. The highest BCUT2D eigenvalue weighted by Gasteiger charge is 2.36. The number of amidine groups is 2. The van der Waals surface area contributed by atoms with Gasteiger partial charge in [0.1, 0.15) is 23.2 Å². The fourth-order valence-corrected chi connectivity index (χ4v) is 4.66. The van der Waals surface area contributed by atoms with Gasteiger partial charge in [-0.15, -0.1) is 0 Å². The van der Waals surface area contributed by atoms with Crippen molar-refractivity contribution >= 4 is 51.6 Å². The summed E-state index contributed by atoms with van der Waals surface area (Å²) in [6.45, 7) is 2.26. The fourth-order valence-electron chi connectivity index (χ4n) is 3.08. The van der Waals surface area contributed by atoms with E-state index in [0.717, 1.165) is 10.6 Å². The van der Waals surface area contributed by atoms with Gasteiger partial charge in [0, 0.05) is 4.90 Å². The largest absolute Gasteiger partial charge is 0.487 e. The number of aliphatic imine (C=N–C) groups is 1. The zero-order valence-corrected chi connectivity index (χ0v) is 19.2. The maximum atomic E-state index is 12.6. The molecule has 1 amide bonds. The standard InChI is InChI=1S/C24H18N4O3S2/c1-15-7-10-18(11-8-15)32-21-12-9-17(31-21)13-19-22(25)28-24(26-23(19)29)33-20(27-28)14-30-16-5-3-2-4-6-16/h2-13,25H,14H2,1H3. The molecule has 3 aromatic rings. The molecule has 0 aliphatic carbocycles. The number of hydrazone groups is 1. The third kappa shape index (κ3) is 4.79. The number of rotatable bonds is 6. The Morgan fingerprint density at radius 2 is 1.91 bits per heavy atom. The van der Waals surface area contributed by atoms with E-state index in [1.165, 1.54) is 40.2 Å². The molecule has 0 fully saturated rings. The summed E-state index contributed by atoms with van der Waals surface area (Å²) in [5.41, 5.74) is 1.31. The Bertz CT molecular complexity index is 1310. The van der Waals surface area contributed by atoms with Gasteiger partial charge in [-0.05, 0) is 61.2 Å². The van der Waals surface area contributed by atoms with Crippen LogP contribution in [0.15, 0.2) is 96.8 Å². The smallest absolute Gasteiger partial charge is 0.283 e. The van der Waals surface area contributed by atoms with E-state index in [-0.39, 0.29) is 18.0 Å². The number of para-hydroxylation sites is 1. The molecule has 0 atom stereocenters. The molecule has 2 aliphatic rings. The number of thioether (sulfide) groups is 1. The summed E-state index contributed by atoms with van der Waals surface area (Å²) in [6.07, 6.45) is 1.53. The molecular formula is C24H18N4O3S2. The van der Waals surface area contributed by atoms with E-state index in [9.17, 15) is 4.79 Å². The summed E-state index contributed by atoms with van der Waals surface area (Å²) >= 11 is 2.71. The average Bonchev–Trinajstić information content (AvgIpc) is 3.44. The minimum Gasteiger partial charge on any atom is -0.487 e. The van der Waals surface area contributed by atoms with Gasteiger partial charge in [-0.3, -0.25) is 10.2 Å². The monoisotopic (exact) mass is 474 g/mol. The number of nitrogens with one attached hydrogen (secondary N) is 1. The van der Waals surface area contributed by atoms with Gasteiger partial charge in [0.15, 0.2) is 10.9 Å². The van der Waals surface area contributed by atoms with Gasteiger partial charge >= 0.3 is 0 Å². The van der Waals surface area contributed by atoms with Crippen molar-refractivity contribution in [3.05, 3.63) is 83.6 Å². The number of carbonyl (C=O) groups excluding carboxylic acids is 1. The molecule has 2 aliphatic heterocycles. The first-order valence-electron chi connectivity index (χ1n) is 10.1. The molecule has 0 spiro atoms. The number of amides is 1. The highest BCUT2D eigenvalue weighted by molar-refractivity contribution is 8.27. The van der Waals surface area contributed by atoms with Crippen molar-refractivity contribution in [1.82, 2.24) is 5.01 Å². The Morgan fingerprint density at radius 3 is 2.70 bits per heavy atom. The molecule has 1 aromatic heterocycles. The molecule has 164 valence electrons. The number of hydrogen-bond donors (Lipinski definition) is 1. The molecule has 5 rings (SSSR count). The third-order valence-electron chi connectivity index (χ3n) is 4.73. The molecule has 33 heavy (non-hydrogen) atoms. The molecule has 0 saturated heterocycles. The average molecular weight is 475 g/mol. The zero-order chi connectivity index (χ0) is 22.8. The topological polar surface area (TPSA) is 91.3 Å². The summed E-state index contributed by atoms with van der Waals surface area (Å²) in [5, 5.41) is 15.9. The van der Waals surface area contributed by atoms with Crippen LogP contribution in [-0.2, 0) is 4.79 Å². The summed E-state index contributed by atoms with van der Waals surface area (Å²) in [5.74, 6) is 0.649. The number of furan rings is 1. The van der Waals surface area contributed by atoms with Crippen LogP contribution in [0.2, 0.25) is 0 Å². The van der Waals surface area contributed by atoms with Crippen LogP contribution in [0.4, 0.5) is 0 Å². The van der Waals surface area contributed by atoms with Crippen molar-refractivity contribution in [2.24, 2.45) is 10.1 Å². The lowest BCUT2D eigenvalue weighted by Crippen LogP contribution is -2.35. The molecule has 9 heteroatoms. The van der Waals surface area contributed by atoms with E-state index in [1.54, 1.807) is 6.07 Å². The quantitative estimate of drug-likeness (QED) is 0.479. The maximum absolute atomic E-state index is 12.6. The van der Waals surface area contributed by atoms with Crippen LogP contribution in [0.25, 0.3) is 6.08 Å². The second-order valence-corrected chi connectivity index (χ2v) is 9.31. The first kappa shape index (κ1) is 21.3. The van der Waals surface area contributed by atoms with Crippen molar-refractivity contribution < 1.29 is 13.9 Å². The van der Waals surface area contributed by atoms with Gasteiger partial charge in [0.05, 0.1) is 5.57 Å². The minimum atomic E-state index is -0.497. The molecule has 0 bridgehead atoms. The van der Waals surface area contributed by atoms with E-state index >= 15 is 0 Å². The first-order valence-corrected chi connectivity index (χ1v) is 11.7. The van der Waals surface area contributed by atoms with Gasteiger partial charge in [0.25, 0.3) is 5.91 Å². The number of fused-ring (bicyclic) bond motifs is 1. The predicted octanol–water partition coefficient (Wildman–Crippen LogP) is 5.44. The minimum absolute atomic E-state index is 0.0450. The van der Waals surface area contributed by atoms with Crippen molar-refractivity contribution in [2.75, 3.05) is 6.61 Å². The second-order valence-electron chi connectivity index (χ2n) is 7.19. The van der Waals surface area contributed by atoms with Crippen LogP contribution >= 0.6 is 23.5 Å². The van der Waals surface area contributed by atoms with Gasteiger partial charge in [-0.2, -0.15) is 15.1 Å². The van der Waals surface area contributed by atoms with Crippen molar-refractivity contribution in [3.63, 3.8) is 0 Å². The van der Waals surface area contributed by atoms with E-state index in [0.29, 0.717) is 21.1 Å². The summed E-state index contributed by atoms with van der Waals surface area (Å²) < 4.78 is 11.6. The zero-order valence-electron chi connectivity index (χ0n) is 17.5. The van der Waals surface area contributed by atoms with E-state index in [4.69, 9.17) is 14.6 Å². The molecule has 0 radical (unpaired) electrons. The van der Waals surface area contributed by atoms with E-state index in [1.807, 2.05) is 67.6 Å². The SMILES string of the molecule is Cc1ccc(Sc2ccc(C=C3C(=N)N4N=C(COc5ccccc5)SC4=NC3=O)o2)cc1. The number of hydrogen-bond acceptors (Lipinski definition) is 7. The second kappa shape index (κ2) is 9.13. The Hall–Kier alpha value is -3.56. The maximum Gasteiger partial charge on any atom is 0.283 e. The van der Waals surface area contributed by atoms with Gasteiger partial charge < -0.3 is 9.15 Å². The lowest BCUT2D eigenvalue weighted by molar-refractivity contribution is -0.114. The number of nitrogens with zero attached hydrogens (tertiary/aromatic N) is 3. The summed E-state index contributed by atoms with van der Waals surface area (Å²) in [6, 6.07) is 21.1. The van der Waals surface area contributed by atoms with Crippen molar-refractivity contribution in [1.29, 1.82) is 5.41 Å². The van der Waals surface area contributed by atoms with E-state index in [2.05, 4.69) is 10.1 Å². The Labute approximate surface area is 198 Å². The van der Waals surface area contributed by atoms with Gasteiger partial charge in [-0.1, -0.05) is 47.7 Å². The molecule has 0 unspecified atom stereocenters. The van der Waals surface area contributed by atoms with Gasteiger partial charge in [0.2, 0.25) is 5.17 Å². The molecule has 2 aromatic carbocycles. The fraction of sp³-hybridized carbons (Fsp3) is 0.0833. The lowest BCUT2D eigenvalue weighted by atomic mass is 10.1. The highest BCUT2D eigenvalue weighted by atomic mass is 32.2. The highest BCUT2D eigenvalue weighted by Crippen LogP contribution is 2.32.